The van der Waals surface area contributed by atoms with E-state index in [1.807, 2.05) is 0 Å². The van der Waals surface area contributed by atoms with Crippen LogP contribution in [0.4, 0.5) is 5.69 Å². The van der Waals surface area contributed by atoms with E-state index >= 15 is 0 Å². The Morgan fingerprint density at radius 2 is 1.84 bits per heavy atom. The van der Waals surface area contributed by atoms with E-state index in [1.54, 1.807) is 0 Å². The van der Waals surface area contributed by atoms with E-state index < -0.39 is 0 Å². The fourth-order valence-corrected chi connectivity index (χ4v) is 3.11. The number of anilines is 1. The molecular weight excluding hydrogens is 234 g/mol. The molecule has 0 bridgehead atoms. The smallest absolute Gasteiger partial charge is 0.0397 e. The topological polar surface area (TPSA) is 32.5 Å². The summed E-state index contributed by atoms with van der Waals surface area (Å²) < 4.78 is 0. The molecule has 1 aliphatic carbocycles. The summed E-state index contributed by atoms with van der Waals surface area (Å²) in [7, 11) is 6.62. The lowest BCUT2D eigenvalue weighted by atomic mass is 9.75. The van der Waals surface area contributed by atoms with Crippen LogP contribution in [-0.4, -0.2) is 44.7 Å². The molecule has 0 amide bonds. The van der Waals surface area contributed by atoms with E-state index in [9.17, 15) is 0 Å². The number of benzene rings is 1. The van der Waals surface area contributed by atoms with Gasteiger partial charge in [-0.15, -0.1) is 0 Å². The van der Waals surface area contributed by atoms with Gasteiger partial charge in [-0.05, 0) is 58.0 Å². The predicted molar refractivity (Wildman–Crippen MR) is 82.7 cm³/mol. The van der Waals surface area contributed by atoms with Crippen molar-refractivity contribution in [2.75, 3.05) is 39.1 Å². The van der Waals surface area contributed by atoms with Crippen LogP contribution >= 0.6 is 0 Å². The molecule has 1 aliphatic rings. The first kappa shape index (κ1) is 14.4. The molecule has 2 rings (SSSR count). The lowest BCUT2D eigenvalue weighted by molar-refractivity contribution is 0.0683. The maximum absolute atomic E-state index is 5.72. The fourth-order valence-electron chi connectivity index (χ4n) is 3.11. The molecule has 2 N–H and O–H groups in total. The molecular formula is C16H27N3. The first-order chi connectivity index (χ1) is 9.09. The van der Waals surface area contributed by atoms with Gasteiger partial charge in [0.15, 0.2) is 0 Å². The van der Waals surface area contributed by atoms with E-state index in [-0.39, 0.29) is 0 Å². The maximum Gasteiger partial charge on any atom is 0.0397 e. The molecule has 0 aliphatic heterocycles. The molecule has 0 unspecified atom stereocenters. The van der Waals surface area contributed by atoms with Gasteiger partial charge in [-0.1, -0.05) is 18.2 Å². The molecule has 0 spiro atoms. The van der Waals surface area contributed by atoms with E-state index in [0.717, 1.165) is 13.0 Å². The highest BCUT2D eigenvalue weighted by Crippen LogP contribution is 2.37. The second-order valence-electron chi connectivity index (χ2n) is 6.00. The van der Waals surface area contributed by atoms with Gasteiger partial charge in [-0.2, -0.15) is 0 Å². The molecule has 0 radical (unpaired) electrons. The minimum atomic E-state index is 0.366. The molecule has 0 atom stereocenters. The van der Waals surface area contributed by atoms with Crippen LogP contribution < -0.4 is 10.6 Å². The Morgan fingerprint density at radius 1 is 1.16 bits per heavy atom. The molecule has 0 aromatic heterocycles. The summed E-state index contributed by atoms with van der Waals surface area (Å²) in [5, 5.41) is 0. The Balaban J connectivity index is 2.13. The average Bonchev–Trinajstić information content (AvgIpc) is 2.34. The summed E-state index contributed by atoms with van der Waals surface area (Å²) >= 11 is 0. The summed E-state index contributed by atoms with van der Waals surface area (Å²) in [6.45, 7) is 1.81. The van der Waals surface area contributed by atoms with Crippen LogP contribution in [0.1, 0.15) is 24.8 Å². The number of nitrogens with zero attached hydrogens (tertiary/aromatic N) is 2. The van der Waals surface area contributed by atoms with Crippen LogP contribution in [0.15, 0.2) is 24.3 Å². The van der Waals surface area contributed by atoms with Crippen molar-refractivity contribution in [2.45, 2.75) is 31.2 Å². The maximum atomic E-state index is 5.72. The van der Waals surface area contributed by atoms with Gasteiger partial charge in [0, 0.05) is 24.8 Å². The molecule has 0 heterocycles. The quantitative estimate of drug-likeness (QED) is 0.851. The Labute approximate surface area is 117 Å². The van der Waals surface area contributed by atoms with Gasteiger partial charge < -0.3 is 15.5 Å². The monoisotopic (exact) mass is 261 g/mol. The van der Waals surface area contributed by atoms with Crippen molar-refractivity contribution in [3.8, 4) is 0 Å². The predicted octanol–water partition coefficient (Wildman–Crippen LogP) is 2.11. The molecule has 106 valence electrons. The van der Waals surface area contributed by atoms with Crippen LogP contribution in [0.5, 0.6) is 0 Å². The Hall–Kier alpha value is -1.06. The van der Waals surface area contributed by atoms with E-state index in [0.29, 0.717) is 12.1 Å². The Morgan fingerprint density at radius 3 is 2.37 bits per heavy atom. The van der Waals surface area contributed by atoms with Crippen molar-refractivity contribution in [1.29, 1.82) is 0 Å². The average molecular weight is 261 g/mol. The largest absolute Gasteiger partial charge is 0.373 e. The minimum absolute atomic E-state index is 0.366. The van der Waals surface area contributed by atoms with Gasteiger partial charge >= 0.3 is 0 Å². The SMILES string of the molecule is CN(CC1(N(C)C)CCC1)c1ccccc1CCN. The molecule has 3 heteroatoms. The lowest BCUT2D eigenvalue weighted by Gasteiger charge is -2.49. The van der Waals surface area contributed by atoms with Crippen molar-refractivity contribution in [1.82, 2.24) is 4.90 Å². The highest BCUT2D eigenvalue weighted by Gasteiger charge is 2.40. The fraction of sp³-hybridized carbons (Fsp3) is 0.625. The number of hydrogen-bond acceptors (Lipinski definition) is 3. The summed E-state index contributed by atoms with van der Waals surface area (Å²) in [4.78, 5) is 4.81. The number of nitrogens with two attached hydrogens (primary N) is 1. The summed E-state index contributed by atoms with van der Waals surface area (Å²) in [6.07, 6.45) is 4.93. The van der Waals surface area contributed by atoms with Crippen LogP contribution in [-0.2, 0) is 6.42 Å². The van der Waals surface area contributed by atoms with Crippen LogP contribution in [0.2, 0.25) is 0 Å². The Kier molecular flexibility index (Phi) is 4.48. The van der Waals surface area contributed by atoms with E-state index in [4.69, 9.17) is 5.73 Å². The molecule has 1 aromatic carbocycles. The molecule has 0 saturated heterocycles. The van der Waals surface area contributed by atoms with Gasteiger partial charge in [0.1, 0.15) is 0 Å². The third-order valence-corrected chi connectivity index (χ3v) is 4.58. The zero-order chi connectivity index (χ0) is 13.9. The normalized spacial score (nSPS) is 17.3. The molecule has 1 aromatic rings. The third kappa shape index (κ3) is 2.93. The standard InChI is InChI=1S/C16H27N3/c1-18(2)16(10-6-11-16)13-19(3)15-8-5-4-7-14(15)9-12-17/h4-5,7-8H,6,9-13,17H2,1-3H3. The number of para-hydroxylation sites is 1. The first-order valence-corrected chi connectivity index (χ1v) is 7.25. The van der Waals surface area contributed by atoms with Crippen molar-refractivity contribution in [2.24, 2.45) is 5.73 Å². The second-order valence-corrected chi connectivity index (χ2v) is 6.00. The zero-order valence-corrected chi connectivity index (χ0v) is 12.5. The number of hydrogen-bond donors (Lipinski definition) is 1. The van der Waals surface area contributed by atoms with Gasteiger partial charge in [-0.3, -0.25) is 0 Å². The highest BCUT2D eigenvalue weighted by molar-refractivity contribution is 5.53. The van der Waals surface area contributed by atoms with Crippen LogP contribution in [0.3, 0.4) is 0 Å². The second kappa shape index (κ2) is 5.93. The lowest BCUT2D eigenvalue weighted by Crippen LogP contribution is -2.56. The van der Waals surface area contributed by atoms with Crippen molar-refractivity contribution in [3.05, 3.63) is 29.8 Å². The summed E-state index contributed by atoms with van der Waals surface area (Å²) in [6, 6.07) is 8.64. The van der Waals surface area contributed by atoms with Crippen molar-refractivity contribution >= 4 is 5.69 Å². The van der Waals surface area contributed by atoms with Crippen molar-refractivity contribution in [3.63, 3.8) is 0 Å². The third-order valence-electron chi connectivity index (χ3n) is 4.58. The van der Waals surface area contributed by atoms with Gasteiger partial charge in [0.25, 0.3) is 0 Å². The van der Waals surface area contributed by atoms with Crippen LogP contribution in [0, 0.1) is 0 Å². The van der Waals surface area contributed by atoms with E-state index in [1.165, 1.54) is 30.5 Å². The minimum Gasteiger partial charge on any atom is -0.373 e. The van der Waals surface area contributed by atoms with Crippen LogP contribution in [0.25, 0.3) is 0 Å². The number of rotatable bonds is 6. The molecule has 3 nitrogen and oxygen atoms in total. The zero-order valence-electron chi connectivity index (χ0n) is 12.5. The van der Waals surface area contributed by atoms with Gasteiger partial charge in [0.05, 0.1) is 0 Å². The van der Waals surface area contributed by atoms with Gasteiger partial charge in [-0.25, -0.2) is 0 Å². The molecule has 1 fully saturated rings. The molecule has 19 heavy (non-hydrogen) atoms. The highest BCUT2D eigenvalue weighted by atomic mass is 15.2. The van der Waals surface area contributed by atoms with E-state index in [2.05, 4.69) is 55.2 Å². The van der Waals surface area contributed by atoms with Crippen molar-refractivity contribution < 1.29 is 0 Å². The molecule has 1 saturated carbocycles. The number of likely N-dealkylation sites (N-methyl/N-ethyl adjacent to an activating group) is 2. The first-order valence-electron chi connectivity index (χ1n) is 7.25. The summed E-state index contributed by atoms with van der Waals surface area (Å²) in [5.41, 5.74) is 8.78. The summed E-state index contributed by atoms with van der Waals surface area (Å²) in [5.74, 6) is 0. The van der Waals surface area contributed by atoms with Gasteiger partial charge in [0.2, 0.25) is 0 Å². The Bertz CT molecular complexity index is 410.